The Kier molecular flexibility index (Phi) is 4.99. The normalized spacial score (nSPS) is 24.2. The summed E-state index contributed by atoms with van der Waals surface area (Å²) in [7, 11) is 1.72. The number of fused-ring (bicyclic) bond motifs is 4. The third-order valence-electron chi connectivity index (χ3n) is 5.56. The number of pyridine rings is 1. The second kappa shape index (κ2) is 7.54. The molecule has 2 atom stereocenters. The van der Waals surface area contributed by atoms with Crippen LogP contribution < -0.4 is 4.74 Å². The molecule has 5 rings (SSSR count). The molecule has 2 aromatic rings. The first-order valence-corrected chi connectivity index (χ1v) is 9.29. The van der Waals surface area contributed by atoms with E-state index in [1.807, 2.05) is 12.3 Å². The van der Waals surface area contributed by atoms with Crippen molar-refractivity contribution in [3.05, 3.63) is 59.9 Å². The van der Waals surface area contributed by atoms with Crippen molar-refractivity contribution < 1.29 is 4.74 Å². The number of piperidine rings is 1. The van der Waals surface area contributed by atoms with E-state index in [0.717, 1.165) is 31.3 Å². The Hall–Kier alpha value is -1.91. The molecule has 0 N–H and O–H groups in total. The average Bonchev–Trinajstić information content (AvgIpc) is 2.94. The van der Waals surface area contributed by atoms with Crippen LogP contribution in [-0.2, 0) is 13.1 Å². The molecule has 3 aliphatic heterocycles. The molecule has 4 heteroatoms. The van der Waals surface area contributed by atoms with Crippen molar-refractivity contribution in [3.63, 3.8) is 0 Å². The molecule has 1 aromatic heterocycles. The standard InChI is InChI=1S/C21H27N3O/c1-25-21-9-6-17(7-10-21)13-24-14-18-5-8-20(24)16-23(12-18)15-19-4-2-3-11-22-19/h2-4,6-7,9-11,18,20H,5,8,12-16H2,1H3/t18-,20+/m0/s1. The van der Waals surface area contributed by atoms with Gasteiger partial charge in [0, 0.05) is 45.0 Å². The lowest BCUT2D eigenvalue weighted by atomic mass is 9.94. The number of methoxy groups -OCH3 is 1. The van der Waals surface area contributed by atoms with Crippen LogP contribution in [0.3, 0.4) is 0 Å². The van der Waals surface area contributed by atoms with Gasteiger partial charge in [-0.15, -0.1) is 0 Å². The minimum absolute atomic E-state index is 0.657. The molecule has 0 radical (unpaired) electrons. The number of hydrogen-bond acceptors (Lipinski definition) is 4. The quantitative estimate of drug-likeness (QED) is 0.838. The molecule has 3 fully saturated rings. The van der Waals surface area contributed by atoms with Gasteiger partial charge in [0.25, 0.3) is 0 Å². The van der Waals surface area contributed by atoms with Crippen LogP contribution in [0.2, 0.25) is 0 Å². The lowest BCUT2D eigenvalue weighted by Gasteiger charge is -2.36. The van der Waals surface area contributed by atoms with Gasteiger partial charge in [-0.25, -0.2) is 0 Å². The fraction of sp³-hybridized carbons (Fsp3) is 0.476. The van der Waals surface area contributed by atoms with Gasteiger partial charge in [0.2, 0.25) is 0 Å². The lowest BCUT2D eigenvalue weighted by molar-refractivity contribution is 0.123. The van der Waals surface area contributed by atoms with Crippen LogP contribution in [0.5, 0.6) is 5.75 Å². The highest BCUT2D eigenvalue weighted by atomic mass is 16.5. The van der Waals surface area contributed by atoms with Crippen LogP contribution in [0.25, 0.3) is 0 Å². The van der Waals surface area contributed by atoms with E-state index in [0.29, 0.717) is 6.04 Å². The summed E-state index contributed by atoms with van der Waals surface area (Å²) in [6.45, 7) is 5.59. The molecule has 2 bridgehead atoms. The minimum atomic E-state index is 0.657. The monoisotopic (exact) mass is 337 g/mol. The van der Waals surface area contributed by atoms with E-state index in [9.17, 15) is 0 Å². The Morgan fingerprint density at radius 3 is 2.64 bits per heavy atom. The maximum atomic E-state index is 5.27. The van der Waals surface area contributed by atoms with E-state index in [2.05, 4.69) is 51.2 Å². The van der Waals surface area contributed by atoms with Gasteiger partial charge in [0.05, 0.1) is 12.8 Å². The van der Waals surface area contributed by atoms with E-state index in [1.54, 1.807) is 7.11 Å². The molecule has 132 valence electrons. The van der Waals surface area contributed by atoms with E-state index in [4.69, 9.17) is 4.74 Å². The molecule has 25 heavy (non-hydrogen) atoms. The van der Waals surface area contributed by atoms with Crippen LogP contribution in [0, 0.1) is 5.92 Å². The highest BCUT2D eigenvalue weighted by Crippen LogP contribution is 2.30. The predicted octanol–water partition coefficient (Wildman–Crippen LogP) is 3.19. The first-order valence-electron chi connectivity index (χ1n) is 9.29. The van der Waals surface area contributed by atoms with Gasteiger partial charge in [-0.2, -0.15) is 0 Å². The van der Waals surface area contributed by atoms with Crippen molar-refractivity contribution in [2.45, 2.75) is 32.0 Å². The number of nitrogens with zero attached hydrogens (tertiary/aromatic N) is 3. The van der Waals surface area contributed by atoms with Crippen LogP contribution >= 0.6 is 0 Å². The highest BCUT2D eigenvalue weighted by molar-refractivity contribution is 5.27. The molecule has 0 spiro atoms. The third kappa shape index (κ3) is 4.02. The van der Waals surface area contributed by atoms with Gasteiger partial charge in [0.1, 0.15) is 5.75 Å². The number of benzene rings is 1. The van der Waals surface area contributed by atoms with E-state index >= 15 is 0 Å². The SMILES string of the molecule is COc1ccc(CN2C[C@H]3CC[C@@H]2CN(Cc2ccccn2)C3)cc1. The molecular formula is C21H27N3O. The Morgan fingerprint density at radius 2 is 1.88 bits per heavy atom. The first kappa shape index (κ1) is 16.6. The molecule has 0 aliphatic carbocycles. The van der Waals surface area contributed by atoms with Crippen molar-refractivity contribution >= 4 is 0 Å². The van der Waals surface area contributed by atoms with Gasteiger partial charge in [-0.1, -0.05) is 18.2 Å². The van der Waals surface area contributed by atoms with Crippen LogP contribution in [-0.4, -0.2) is 47.6 Å². The van der Waals surface area contributed by atoms with Crippen LogP contribution in [0.15, 0.2) is 48.7 Å². The smallest absolute Gasteiger partial charge is 0.118 e. The minimum Gasteiger partial charge on any atom is -0.497 e. The molecule has 3 aliphatic rings. The summed E-state index contributed by atoms with van der Waals surface area (Å²) in [6, 6.07) is 15.4. The third-order valence-corrected chi connectivity index (χ3v) is 5.56. The molecule has 4 heterocycles. The van der Waals surface area contributed by atoms with Gasteiger partial charge in [-0.05, 0) is 48.6 Å². The van der Waals surface area contributed by atoms with Crippen molar-refractivity contribution in [1.29, 1.82) is 0 Å². The van der Waals surface area contributed by atoms with Crippen LogP contribution in [0.1, 0.15) is 24.1 Å². The summed E-state index contributed by atoms with van der Waals surface area (Å²) in [4.78, 5) is 9.81. The summed E-state index contributed by atoms with van der Waals surface area (Å²) in [5, 5.41) is 0. The van der Waals surface area contributed by atoms with Crippen molar-refractivity contribution in [1.82, 2.24) is 14.8 Å². The molecule has 0 amide bonds. The summed E-state index contributed by atoms with van der Waals surface area (Å²) < 4.78 is 5.27. The second-order valence-electron chi connectivity index (χ2n) is 7.39. The molecule has 1 aromatic carbocycles. The molecule has 4 nitrogen and oxygen atoms in total. The first-order chi connectivity index (χ1) is 12.3. The van der Waals surface area contributed by atoms with Crippen LogP contribution in [0.4, 0.5) is 0 Å². The van der Waals surface area contributed by atoms with Gasteiger partial charge < -0.3 is 4.74 Å². The zero-order chi connectivity index (χ0) is 17.1. The second-order valence-corrected chi connectivity index (χ2v) is 7.39. The maximum Gasteiger partial charge on any atom is 0.118 e. The predicted molar refractivity (Wildman–Crippen MR) is 99.4 cm³/mol. The van der Waals surface area contributed by atoms with Crippen molar-refractivity contribution in [2.24, 2.45) is 5.92 Å². The number of ether oxygens (including phenoxy) is 1. The molecule has 0 saturated carbocycles. The van der Waals surface area contributed by atoms with Crippen molar-refractivity contribution in [3.8, 4) is 5.75 Å². The summed E-state index contributed by atoms with van der Waals surface area (Å²) in [6.07, 6.45) is 4.58. The average molecular weight is 337 g/mol. The van der Waals surface area contributed by atoms with E-state index < -0.39 is 0 Å². The van der Waals surface area contributed by atoms with Gasteiger partial charge in [0.15, 0.2) is 0 Å². The Labute approximate surface area is 150 Å². The van der Waals surface area contributed by atoms with Gasteiger partial charge in [-0.3, -0.25) is 14.8 Å². The molecule has 3 saturated heterocycles. The summed E-state index contributed by atoms with van der Waals surface area (Å²) in [5.74, 6) is 1.71. The largest absolute Gasteiger partial charge is 0.497 e. The Bertz CT molecular complexity index is 673. The lowest BCUT2D eigenvalue weighted by Crippen LogP contribution is -2.43. The number of aromatic nitrogens is 1. The Balaban J connectivity index is 1.42. The fourth-order valence-electron chi connectivity index (χ4n) is 4.29. The number of rotatable bonds is 5. The maximum absolute atomic E-state index is 5.27. The van der Waals surface area contributed by atoms with E-state index in [1.165, 1.54) is 37.2 Å². The van der Waals surface area contributed by atoms with E-state index in [-0.39, 0.29) is 0 Å². The highest BCUT2D eigenvalue weighted by Gasteiger charge is 2.34. The Morgan fingerprint density at radius 1 is 1.00 bits per heavy atom. The van der Waals surface area contributed by atoms with Gasteiger partial charge >= 0.3 is 0 Å². The molecule has 0 unspecified atom stereocenters. The zero-order valence-corrected chi connectivity index (χ0v) is 15.0. The fourth-order valence-corrected chi connectivity index (χ4v) is 4.29. The topological polar surface area (TPSA) is 28.6 Å². The number of hydrogen-bond donors (Lipinski definition) is 0. The van der Waals surface area contributed by atoms with Crippen molar-refractivity contribution in [2.75, 3.05) is 26.7 Å². The zero-order valence-electron chi connectivity index (χ0n) is 15.0. The summed E-state index contributed by atoms with van der Waals surface area (Å²) >= 11 is 0. The summed E-state index contributed by atoms with van der Waals surface area (Å²) in [5.41, 5.74) is 2.56. The molecular weight excluding hydrogens is 310 g/mol.